The van der Waals surface area contributed by atoms with Crippen LogP contribution in [0.4, 0.5) is 0 Å². The second-order valence-corrected chi connectivity index (χ2v) is 1.60. The third kappa shape index (κ3) is 9.85. The highest BCUT2D eigenvalue weighted by Crippen LogP contribution is 1.79. The van der Waals surface area contributed by atoms with Crippen molar-refractivity contribution < 1.29 is 5.11 Å². The summed E-state index contributed by atoms with van der Waals surface area (Å²) in [5.41, 5.74) is 0. The maximum Gasteiger partial charge on any atom is 0.104 e. The minimum atomic E-state index is -0.315. The van der Waals surface area contributed by atoms with E-state index in [1.165, 1.54) is 0 Å². The van der Waals surface area contributed by atoms with E-state index in [0.717, 1.165) is 0 Å². The lowest BCUT2D eigenvalue weighted by Crippen LogP contribution is -2.23. The lowest BCUT2D eigenvalue weighted by atomic mass is 10.6. The molecule has 54 valence electrons. The minimum Gasteiger partial charge on any atom is -0.379 e. The Bertz CT molecular complexity index is 37.0. The summed E-state index contributed by atoms with van der Waals surface area (Å²) in [6, 6.07) is 0. The summed E-state index contributed by atoms with van der Waals surface area (Å²) in [5.74, 6) is 0. The highest BCUT2D eigenvalue weighted by Gasteiger charge is 1.92. The molecule has 0 saturated carbocycles. The molecule has 0 radical (unpaired) electrons. The number of aliphatic hydroxyl groups excluding tert-OH is 1. The van der Waals surface area contributed by atoms with Crippen molar-refractivity contribution in [3.8, 4) is 0 Å². The Kier molecular flexibility index (Phi) is 15.3. The third-order valence-electron chi connectivity index (χ3n) is 0.747. The molecule has 0 bridgehead atoms. The van der Waals surface area contributed by atoms with Crippen LogP contribution in [0.5, 0.6) is 0 Å². The van der Waals surface area contributed by atoms with Gasteiger partial charge < -0.3 is 5.11 Å². The summed E-state index contributed by atoms with van der Waals surface area (Å²) >= 11 is 0. The molecular formula is C4H13BrClNO. The normalized spacial score (nSPS) is 11.6. The van der Waals surface area contributed by atoms with Crippen LogP contribution in [-0.2, 0) is 0 Å². The minimum absolute atomic E-state index is 0. The van der Waals surface area contributed by atoms with Crippen LogP contribution in [0.1, 0.15) is 6.92 Å². The number of hydrogen-bond donors (Lipinski definition) is 1. The maximum atomic E-state index is 8.56. The molecule has 0 aliphatic rings. The average Bonchev–Trinajstić information content (AvgIpc) is 1.36. The van der Waals surface area contributed by atoms with Gasteiger partial charge in [0, 0.05) is 0 Å². The molecule has 1 atom stereocenters. The Morgan fingerprint density at radius 3 is 1.50 bits per heavy atom. The molecule has 0 aromatic carbocycles. The highest BCUT2D eigenvalue weighted by molar-refractivity contribution is 8.93. The fourth-order valence-corrected chi connectivity index (χ4v) is 0. The molecule has 2 nitrogen and oxygen atoms in total. The molecule has 0 aliphatic heterocycles. The van der Waals surface area contributed by atoms with Crippen LogP contribution in [0.15, 0.2) is 0 Å². The van der Waals surface area contributed by atoms with Crippen molar-refractivity contribution >= 4 is 29.4 Å². The molecule has 0 aromatic rings. The molecule has 1 unspecified atom stereocenters. The molecular weight excluding hydrogens is 193 g/mol. The molecule has 0 fully saturated rings. The van der Waals surface area contributed by atoms with Crippen molar-refractivity contribution in [1.29, 1.82) is 0 Å². The first-order valence-electron chi connectivity index (χ1n) is 1.99. The van der Waals surface area contributed by atoms with Crippen LogP contribution in [0.3, 0.4) is 0 Å². The van der Waals surface area contributed by atoms with Gasteiger partial charge in [-0.15, -0.1) is 29.4 Å². The Labute approximate surface area is 67.1 Å². The van der Waals surface area contributed by atoms with E-state index in [2.05, 4.69) is 0 Å². The van der Waals surface area contributed by atoms with E-state index in [9.17, 15) is 0 Å². The number of rotatable bonds is 1. The molecule has 0 aliphatic carbocycles. The lowest BCUT2D eigenvalue weighted by Gasteiger charge is -2.11. The Morgan fingerprint density at radius 1 is 1.38 bits per heavy atom. The van der Waals surface area contributed by atoms with E-state index >= 15 is 0 Å². The van der Waals surface area contributed by atoms with Gasteiger partial charge in [0.25, 0.3) is 0 Å². The summed E-state index contributed by atoms with van der Waals surface area (Å²) in [4.78, 5) is 1.72. The molecule has 0 spiro atoms. The van der Waals surface area contributed by atoms with E-state index in [-0.39, 0.29) is 35.6 Å². The molecule has 0 rings (SSSR count). The monoisotopic (exact) mass is 205 g/mol. The van der Waals surface area contributed by atoms with Crippen LogP contribution in [0.2, 0.25) is 0 Å². The smallest absolute Gasteiger partial charge is 0.104 e. The number of hydrogen-bond acceptors (Lipinski definition) is 2. The number of nitrogens with zero attached hydrogens (tertiary/aromatic N) is 1. The molecule has 4 heteroatoms. The molecule has 0 aromatic heterocycles. The van der Waals surface area contributed by atoms with E-state index in [1.807, 2.05) is 14.1 Å². The number of halogens is 2. The average molecular weight is 207 g/mol. The van der Waals surface area contributed by atoms with Gasteiger partial charge in [-0.25, -0.2) is 0 Å². The van der Waals surface area contributed by atoms with Gasteiger partial charge >= 0.3 is 0 Å². The van der Waals surface area contributed by atoms with E-state index in [4.69, 9.17) is 5.11 Å². The van der Waals surface area contributed by atoms with Crippen LogP contribution in [0.25, 0.3) is 0 Å². The molecule has 8 heavy (non-hydrogen) atoms. The fraction of sp³-hybridized carbons (Fsp3) is 1.00. The summed E-state index contributed by atoms with van der Waals surface area (Å²) in [5, 5.41) is 8.56. The zero-order valence-corrected chi connectivity index (χ0v) is 7.82. The Hall–Kier alpha value is 0.690. The van der Waals surface area contributed by atoms with Crippen molar-refractivity contribution in [1.82, 2.24) is 4.90 Å². The first-order valence-corrected chi connectivity index (χ1v) is 1.99. The van der Waals surface area contributed by atoms with Gasteiger partial charge in [-0.3, -0.25) is 4.90 Å². The highest BCUT2D eigenvalue weighted by atomic mass is 79.9. The van der Waals surface area contributed by atoms with Gasteiger partial charge in [0.1, 0.15) is 6.23 Å². The van der Waals surface area contributed by atoms with E-state index in [0.29, 0.717) is 0 Å². The quantitative estimate of drug-likeness (QED) is 0.644. The lowest BCUT2D eigenvalue weighted by molar-refractivity contribution is 0.0578. The summed E-state index contributed by atoms with van der Waals surface area (Å²) in [7, 11) is 3.65. The first kappa shape index (κ1) is 15.9. The van der Waals surface area contributed by atoms with Crippen LogP contribution in [-0.4, -0.2) is 30.3 Å². The van der Waals surface area contributed by atoms with Crippen LogP contribution in [0, 0.1) is 0 Å². The van der Waals surface area contributed by atoms with Crippen LogP contribution >= 0.6 is 29.4 Å². The van der Waals surface area contributed by atoms with Gasteiger partial charge in [0.05, 0.1) is 0 Å². The summed E-state index contributed by atoms with van der Waals surface area (Å²) < 4.78 is 0. The van der Waals surface area contributed by atoms with Gasteiger partial charge in [-0.05, 0) is 21.0 Å². The zero-order chi connectivity index (χ0) is 5.15. The van der Waals surface area contributed by atoms with Crippen LogP contribution < -0.4 is 0 Å². The van der Waals surface area contributed by atoms with E-state index in [1.54, 1.807) is 11.8 Å². The maximum absolute atomic E-state index is 8.56. The fourth-order valence-electron chi connectivity index (χ4n) is 0. The summed E-state index contributed by atoms with van der Waals surface area (Å²) in [6.45, 7) is 1.72. The van der Waals surface area contributed by atoms with Gasteiger partial charge in [0.15, 0.2) is 0 Å². The van der Waals surface area contributed by atoms with Crippen molar-refractivity contribution in [2.75, 3.05) is 14.1 Å². The Morgan fingerprint density at radius 2 is 1.50 bits per heavy atom. The third-order valence-corrected chi connectivity index (χ3v) is 0.747. The van der Waals surface area contributed by atoms with Crippen molar-refractivity contribution in [3.05, 3.63) is 0 Å². The van der Waals surface area contributed by atoms with Crippen molar-refractivity contribution in [2.45, 2.75) is 13.2 Å². The summed E-state index contributed by atoms with van der Waals surface area (Å²) in [6.07, 6.45) is -0.315. The molecule has 0 amide bonds. The van der Waals surface area contributed by atoms with Gasteiger partial charge in [0.2, 0.25) is 0 Å². The van der Waals surface area contributed by atoms with Crippen molar-refractivity contribution in [3.63, 3.8) is 0 Å². The second-order valence-electron chi connectivity index (χ2n) is 1.60. The van der Waals surface area contributed by atoms with Gasteiger partial charge in [-0.1, -0.05) is 0 Å². The standard InChI is InChI=1S/C4H11NO.BrH.ClH/c1-4(6)5(2)3;;/h4,6H,1-3H3;2*1H. The molecule has 1 N–H and O–H groups in total. The number of aliphatic hydroxyl groups is 1. The van der Waals surface area contributed by atoms with Gasteiger partial charge in [-0.2, -0.15) is 0 Å². The Balaban J connectivity index is -0.000000125. The first-order chi connectivity index (χ1) is 2.64. The largest absolute Gasteiger partial charge is 0.379 e. The topological polar surface area (TPSA) is 23.5 Å². The van der Waals surface area contributed by atoms with Crippen molar-refractivity contribution in [2.24, 2.45) is 0 Å². The second kappa shape index (κ2) is 7.69. The molecule has 0 heterocycles. The predicted octanol–water partition coefficient (Wildman–Crippen LogP) is 0.886. The molecule has 0 saturated heterocycles. The predicted molar refractivity (Wildman–Crippen MR) is 42.9 cm³/mol. The van der Waals surface area contributed by atoms with E-state index < -0.39 is 0 Å². The zero-order valence-electron chi connectivity index (χ0n) is 5.29. The SMILES string of the molecule is Br.CC(O)N(C)C.Cl.